The Kier molecular flexibility index (Phi) is 4.33. The molecule has 0 aromatic carbocycles. The molecule has 0 saturated carbocycles. The van der Waals surface area contributed by atoms with E-state index in [1.54, 1.807) is 0 Å². The molecular formula is C10H13F3N2O3. The Balaban J connectivity index is 2.92. The second-order valence-electron chi connectivity index (χ2n) is 3.75. The van der Waals surface area contributed by atoms with Gasteiger partial charge in [0.05, 0.1) is 12.7 Å². The maximum absolute atomic E-state index is 12.1. The third-order valence-electron chi connectivity index (χ3n) is 2.25. The van der Waals surface area contributed by atoms with E-state index in [2.05, 4.69) is 0 Å². The van der Waals surface area contributed by atoms with Gasteiger partial charge in [0.15, 0.2) is 5.88 Å². The van der Waals surface area contributed by atoms with Crippen molar-refractivity contribution < 1.29 is 27.5 Å². The number of nitrogens with two attached hydrogens (primary N) is 1. The van der Waals surface area contributed by atoms with Crippen molar-refractivity contribution in [2.45, 2.75) is 25.6 Å². The third kappa shape index (κ3) is 3.46. The van der Waals surface area contributed by atoms with Crippen molar-refractivity contribution >= 4 is 11.7 Å². The van der Waals surface area contributed by atoms with Crippen LogP contribution in [0.25, 0.3) is 0 Å². The molecule has 1 unspecified atom stereocenters. The normalized spacial score (nSPS) is 21.4. The molecule has 0 radical (unpaired) electrons. The molecule has 1 saturated heterocycles. The zero-order chi connectivity index (χ0) is 13.9. The van der Waals surface area contributed by atoms with E-state index in [1.807, 2.05) is 0 Å². The first kappa shape index (κ1) is 14.5. The minimum atomic E-state index is -4.99. The number of hydrogen-bond donors (Lipinski definition) is 1. The van der Waals surface area contributed by atoms with Crippen LogP contribution in [0.15, 0.2) is 12.0 Å². The predicted octanol–water partition coefficient (Wildman–Crippen LogP) is 0.555. The number of carbonyl (C=O) groups excluding carboxylic acids is 2. The molecule has 1 rings (SSSR count). The van der Waals surface area contributed by atoms with Gasteiger partial charge in [-0.2, -0.15) is 13.2 Å². The molecule has 2 N–H and O–H groups in total. The molecule has 0 aromatic rings. The molecule has 1 amide bonds. The summed E-state index contributed by atoms with van der Waals surface area (Å²) in [6.07, 6.45) is -4.70. The zero-order valence-electron chi connectivity index (χ0n) is 9.66. The molecule has 0 spiro atoms. The maximum atomic E-state index is 12.1. The smallest absolute Gasteiger partial charge is 0.454 e. The van der Waals surface area contributed by atoms with Crippen molar-refractivity contribution in [2.24, 2.45) is 5.73 Å². The Labute approximate surface area is 101 Å². The summed E-state index contributed by atoms with van der Waals surface area (Å²) in [5.41, 5.74) is 5.51. The molecule has 0 bridgehead atoms. The van der Waals surface area contributed by atoms with Crippen LogP contribution in [0.5, 0.6) is 0 Å². The molecule has 102 valence electrons. The van der Waals surface area contributed by atoms with Crippen molar-refractivity contribution in [1.82, 2.24) is 4.90 Å². The van der Waals surface area contributed by atoms with Crippen LogP contribution >= 0.6 is 0 Å². The summed E-state index contributed by atoms with van der Waals surface area (Å²) in [4.78, 5) is 23.3. The molecule has 1 aliphatic rings. The van der Waals surface area contributed by atoms with Crippen LogP contribution in [0.2, 0.25) is 0 Å². The number of likely N-dealkylation sites (tertiary alicyclic amines) is 1. The van der Waals surface area contributed by atoms with Crippen LogP contribution in [0.4, 0.5) is 13.2 Å². The number of ketones is 1. The van der Waals surface area contributed by atoms with Crippen LogP contribution in [0, 0.1) is 0 Å². The molecule has 5 nitrogen and oxygen atoms in total. The van der Waals surface area contributed by atoms with Crippen molar-refractivity contribution in [3.63, 3.8) is 0 Å². The van der Waals surface area contributed by atoms with Gasteiger partial charge in [-0.15, -0.1) is 0 Å². The number of allylic oxidation sites excluding steroid dienone is 1. The number of amides is 1. The summed E-state index contributed by atoms with van der Waals surface area (Å²) in [6, 6.07) is -0.470. The zero-order valence-corrected chi connectivity index (χ0v) is 9.66. The lowest BCUT2D eigenvalue weighted by atomic mass is 10.3. The summed E-state index contributed by atoms with van der Waals surface area (Å²) in [5, 5.41) is 0. The third-order valence-corrected chi connectivity index (χ3v) is 2.25. The average Bonchev–Trinajstić information content (AvgIpc) is 2.55. The van der Waals surface area contributed by atoms with Gasteiger partial charge in [0.2, 0.25) is 5.91 Å². The van der Waals surface area contributed by atoms with Gasteiger partial charge in [-0.1, -0.05) is 0 Å². The number of ether oxygens (including phenoxy) is 1. The summed E-state index contributed by atoms with van der Waals surface area (Å²) < 4.78 is 41.3. The van der Waals surface area contributed by atoms with Crippen LogP contribution in [0.1, 0.15) is 13.3 Å². The van der Waals surface area contributed by atoms with E-state index in [4.69, 9.17) is 10.5 Å². The number of halogens is 3. The van der Waals surface area contributed by atoms with Gasteiger partial charge in [0.1, 0.15) is 0 Å². The Morgan fingerprint density at radius 1 is 1.61 bits per heavy atom. The highest BCUT2D eigenvalue weighted by molar-refractivity contribution is 5.95. The fourth-order valence-corrected chi connectivity index (χ4v) is 1.49. The Morgan fingerprint density at radius 3 is 2.61 bits per heavy atom. The Morgan fingerprint density at radius 2 is 2.22 bits per heavy atom. The molecule has 1 atom stereocenters. The Bertz CT molecular complexity index is 379. The number of alkyl halides is 3. The quantitative estimate of drug-likeness (QED) is 0.596. The van der Waals surface area contributed by atoms with E-state index in [1.165, 1.54) is 6.92 Å². The van der Waals surface area contributed by atoms with Crippen LogP contribution in [-0.2, 0) is 14.3 Å². The van der Waals surface area contributed by atoms with E-state index >= 15 is 0 Å². The average molecular weight is 266 g/mol. The van der Waals surface area contributed by atoms with E-state index in [0.717, 1.165) is 4.90 Å². The standard InChI is InChI=1S/C10H13F3N2O3/c1-2-18-9(4-7(16)10(11,12)13)15-5-6(14)3-8(15)17/h4,6H,2-3,5,14H2,1H3. The van der Waals surface area contributed by atoms with Gasteiger partial charge in [0, 0.05) is 19.0 Å². The molecule has 1 fully saturated rings. The lowest BCUT2D eigenvalue weighted by Crippen LogP contribution is -2.31. The fraction of sp³-hybridized carbons (Fsp3) is 0.600. The number of rotatable bonds is 4. The topological polar surface area (TPSA) is 72.6 Å². The first-order chi connectivity index (χ1) is 8.25. The minimum absolute atomic E-state index is 0.0185. The number of nitrogens with zero attached hydrogens (tertiary/aromatic N) is 1. The monoisotopic (exact) mass is 266 g/mol. The predicted molar refractivity (Wildman–Crippen MR) is 55.1 cm³/mol. The second-order valence-corrected chi connectivity index (χ2v) is 3.75. The van der Waals surface area contributed by atoms with Crippen molar-refractivity contribution in [3.05, 3.63) is 12.0 Å². The van der Waals surface area contributed by atoms with E-state index < -0.39 is 29.8 Å². The van der Waals surface area contributed by atoms with Gasteiger partial charge in [-0.3, -0.25) is 14.5 Å². The number of hydrogen-bond acceptors (Lipinski definition) is 4. The number of carbonyl (C=O) groups is 2. The Hall–Kier alpha value is -1.57. The first-order valence-corrected chi connectivity index (χ1v) is 5.27. The SMILES string of the molecule is CCOC(=CC(=O)C(F)(F)F)N1CC(N)CC1=O. The van der Waals surface area contributed by atoms with Crippen LogP contribution in [0.3, 0.4) is 0 Å². The lowest BCUT2D eigenvalue weighted by Gasteiger charge is -2.19. The van der Waals surface area contributed by atoms with Crippen molar-refractivity contribution in [3.8, 4) is 0 Å². The molecule has 1 aliphatic heterocycles. The highest BCUT2D eigenvalue weighted by Gasteiger charge is 2.39. The summed E-state index contributed by atoms with van der Waals surface area (Å²) in [5.74, 6) is -2.94. The van der Waals surface area contributed by atoms with E-state index in [0.29, 0.717) is 0 Å². The lowest BCUT2D eigenvalue weighted by molar-refractivity contribution is -0.165. The molecule has 18 heavy (non-hydrogen) atoms. The van der Waals surface area contributed by atoms with Crippen molar-refractivity contribution in [2.75, 3.05) is 13.2 Å². The van der Waals surface area contributed by atoms with E-state index in [-0.39, 0.29) is 25.6 Å². The minimum Gasteiger partial charge on any atom is -0.479 e. The highest BCUT2D eigenvalue weighted by atomic mass is 19.4. The molecular weight excluding hydrogens is 253 g/mol. The van der Waals surface area contributed by atoms with Gasteiger partial charge in [-0.05, 0) is 6.92 Å². The summed E-state index contributed by atoms with van der Waals surface area (Å²) in [7, 11) is 0. The second kappa shape index (κ2) is 5.38. The van der Waals surface area contributed by atoms with Gasteiger partial charge >= 0.3 is 6.18 Å². The van der Waals surface area contributed by atoms with Gasteiger partial charge in [-0.25, -0.2) is 0 Å². The fourth-order valence-electron chi connectivity index (χ4n) is 1.49. The van der Waals surface area contributed by atoms with Crippen LogP contribution in [-0.4, -0.2) is 42.0 Å². The molecule has 8 heteroatoms. The van der Waals surface area contributed by atoms with Crippen molar-refractivity contribution in [1.29, 1.82) is 0 Å². The first-order valence-electron chi connectivity index (χ1n) is 5.27. The molecule has 0 aromatic heterocycles. The molecule has 1 heterocycles. The maximum Gasteiger partial charge on any atom is 0.454 e. The van der Waals surface area contributed by atoms with Gasteiger partial charge < -0.3 is 10.5 Å². The summed E-state index contributed by atoms with van der Waals surface area (Å²) in [6.45, 7) is 1.61. The summed E-state index contributed by atoms with van der Waals surface area (Å²) >= 11 is 0. The molecule has 0 aliphatic carbocycles. The van der Waals surface area contributed by atoms with Crippen LogP contribution < -0.4 is 5.73 Å². The highest BCUT2D eigenvalue weighted by Crippen LogP contribution is 2.21. The largest absolute Gasteiger partial charge is 0.479 e. The van der Waals surface area contributed by atoms with Gasteiger partial charge in [0.25, 0.3) is 5.78 Å². The van der Waals surface area contributed by atoms with E-state index in [9.17, 15) is 22.8 Å².